The summed E-state index contributed by atoms with van der Waals surface area (Å²) >= 11 is 3.64. The van der Waals surface area contributed by atoms with Crippen molar-refractivity contribution in [2.75, 3.05) is 19.0 Å². The van der Waals surface area contributed by atoms with Gasteiger partial charge in [-0.05, 0) is 50.8 Å². The van der Waals surface area contributed by atoms with Crippen molar-refractivity contribution in [2.45, 2.75) is 40.2 Å². The molecule has 0 aliphatic rings. The Morgan fingerprint density at radius 3 is 2.33 bits per heavy atom. The van der Waals surface area contributed by atoms with E-state index in [9.17, 15) is 0 Å². The topological polar surface area (TPSA) is 47.3 Å². The van der Waals surface area contributed by atoms with Gasteiger partial charge in [0.15, 0.2) is 0 Å². The van der Waals surface area contributed by atoms with Crippen molar-refractivity contribution in [1.29, 1.82) is 0 Å². The van der Waals surface area contributed by atoms with Crippen molar-refractivity contribution in [2.24, 2.45) is 5.73 Å². The van der Waals surface area contributed by atoms with Crippen LogP contribution in [-0.4, -0.2) is 19.7 Å². The average molecular weight is 315 g/mol. The van der Waals surface area contributed by atoms with E-state index in [0.29, 0.717) is 0 Å². The molecular formula is C14H23BrN2O. The number of hydrogen-bond acceptors (Lipinski definition) is 3. The van der Waals surface area contributed by atoms with Crippen LogP contribution in [0.2, 0.25) is 0 Å². The molecule has 0 saturated carbocycles. The second kappa shape index (κ2) is 6.43. The maximum Gasteiger partial charge on any atom is 0.145 e. The summed E-state index contributed by atoms with van der Waals surface area (Å²) in [5, 5.41) is 3.44. The number of nitrogens with one attached hydrogen (secondary N) is 1. The van der Waals surface area contributed by atoms with Crippen molar-refractivity contribution >= 4 is 21.6 Å². The second-order valence-corrected chi connectivity index (χ2v) is 5.58. The molecule has 0 radical (unpaired) electrons. The van der Waals surface area contributed by atoms with E-state index in [2.05, 4.69) is 42.0 Å². The van der Waals surface area contributed by atoms with Gasteiger partial charge in [-0.25, -0.2) is 0 Å². The molecule has 0 bridgehead atoms. The van der Waals surface area contributed by atoms with Gasteiger partial charge in [-0.2, -0.15) is 0 Å². The first-order chi connectivity index (χ1) is 8.40. The lowest BCUT2D eigenvalue weighted by Crippen LogP contribution is -2.19. The Kier molecular flexibility index (Phi) is 5.47. The van der Waals surface area contributed by atoms with Gasteiger partial charge in [-0.3, -0.25) is 0 Å². The lowest BCUT2D eigenvalue weighted by molar-refractivity contribution is 0.412. The van der Waals surface area contributed by atoms with E-state index in [4.69, 9.17) is 10.5 Å². The molecule has 1 aromatic carbocycles. The molecule has 0 aliphatic carbocycles. The number of anilines is 1. The molecule has 1 aromatic rings. The first-order valence-electron chi connectivity index (χ1n) is 6.22. The third-order valence-corrected chi connectivity index (χ3v) is 4.46. The quantitative estimate of drug-likeness (QED) is 0.874. The molecule has 0 saturated heterocycles. The highest BCUT2D eigenvalue weighted by Gasteiger charge is 2.16. The Hall–Kier alpha value is -0.740. The Morgan fingerprint density at radius 1 is 1.22 bits per heavy atom. The summed E-state index contributed by atoms with van der Waals surface area (Å²) in [4.78, 5) is 0. The van der Waals surface area contributed by atoms with Crippen LogP contribution in [0, 0.1) is 20.8 Å². The Bertz CT molecular complexity index is 431. The summed E-state index contributed by atoms with van der Waals surface area (Å²) < 4.78 is 6.68. The zero-order chi connectivity index (χ0) is 13.9. The van der Waals surface area contributed by atoms with Crippen LogP contribution in [0.5, 0.6) is 5.75 Å². The Morgan fingerprint density at radius 2 is 1.83 bits per heavy atom. The van der Waals surface area contributed by atoms with Gasteiger partial charge in [0.05, 0.1) is 12.8 Å². The number of methoxy groups -OCH3 is 1. The van der Waals surface area contributed by atoms with Gasteiger partial charge in [-0.1, -0.05) is 15.9 Å². The fourth-order valence-corrected chi connectivity index (χ4v) is 2.47. The molecule has 0 fully saturated rings. The van der Waals surface area contributed by atoms with Gasteiger partial charge in [0.25, 0.3) is 0 Å². The first-order valence-corrected chi connectivity index (χ1v) is 7.02. The third-order valence-electron chi connectivity index (χ3n) is 3.27. The minimum Gasteiger partial charge on any atom is -0.494 e. The first kappa shape index (κ1) is 15.3. The van der Waals surface area contributed by atoms with Crippen molar-refractivity contribution in [3.8, 4) is 5.75 Å². The fourth-order valence-electron chi connectivity index (χ4n) is 1.98. The maximum absolute atomic E-state index is 5.77. The van der Waals surface area contributed by atoms with E-state index in [1.165, 1.54) is 16.7 Å². The Balaban J connectivity index is 3.09. The lowest BCUT2D eigenvalue weighted by Gasteiger charge is -2.20. The van der Waals surface area contributed by atoms with E-state index in [1.54, 1.807) is 7.11 Å². The summed E-state index contributed by atoms with van der Waals surface area (Å²) in [6.07, 6.45) is 0.938. The molecule has 0 amide bonds. The van der Waals surface area contributed by atoms with E-state index in [0.717, 1.165) is 28.9 Å². The predicted molar refractivity (Wildman–Crippen MR) is 81.7 cm³/mol. The number of ether oxygens (including phenoxy) is 1. The van der Waals surface area contributed by atoms with E-state index < -0.39 is 0 Å². The van der Waals surface area contributed by atoms with Crippen LogP contribution in [0.3, 0.4) is 0 Å². The van der Waals surface area contributed by atoms with Gasteiger partial charge < -0.3 is 15.8 Å². The highest BCUT2D eigenvalue weighted by atomic mass is 79.9. The number of hydrogen-bond donors (Lipinski definition) is 2. The largest absolute Gasteiger partial charge is 0.494 e. The second-order valence-electron chi connectivity index (χ2n) is 4.79. The highest BCUT2D eigenvalue weighted by Crippen LogP contribution is 2.39. The molecule has 3 N–H and O–H groups in total. The van der Waals surface area contributed by atoms with Crippen LogP contribution in [-0.2, 0) is 0 Å². The van der Waals surface area contributed by atoms with Crippen LogP contribution < -0.4 is 15.8 Å². The zero-order valence-corrected chi connectivity index (χ0v) is 13.4. The van der Waals surface area contributed by atoms with E-state index in [1.807, 2.05) is 6.92 Å². The van der Waals surface area contributed by atoms with Crippen LogP contribution in [0.15, 0.2) is 4.47 Å². The van der Waals surface area contributed by atoms with Crippen molar-refractivity contribution in [3.63, 3.8) is 0 Å². The number of rotatable bonds is 5. The maximum atomic E-state index is 5.77. The van der Waals surface area contributed by atoms with Gasteiger partial charge in [-0.15, -0.1) is 0 Å². The number of halogens is 1. The molecule has 3 nitrogen and oxygen atoms in total. The summed E-state index contributed by atoms with van der Waals surface area (Å²) in [5.41, 5.74) is 10.4. The molecule has 0 spiro atoms. The molecule has 0 aliphatic heterocycles. The van der Waals surface area contributed by atoms with Gasteiger partial charge >= 0.3 is 0 Å². The molecule has 0 heterocycles. The molecule has 4 heteroatoms. The highest BCUT2D eigenvalue weighted by molar-refractivity contribution is 9.10. The zero-order valence-electron chi connectivity index (χ0n) is 11.9. The standard InChI is InChI=1S/C14H23BrN2O/c1-8(16)6-7-17-13-11(4)12(15)9(2)10(3)14(13)18-5/h8,17H,6-7,16H2,1-5H3. The molecule has 1 unspecified atom stereocenters. The number of benzene rings is 1. The van der Waals surface area contributed by atoms with E-state index in [-0.39, 0.29) is 6.04 Å². The van der Waals surface area contributed by atoms with Crippen LogP contribution >= 0.6 is 15.9 Å². The summed E-state index contributed by atoms with van der Waals surface area (Å²) in [6, 6.07) is 0.207. The molecule has 102 valence electrons. The SMILES string of the molecule is COc1c(C)c(C)c(Br)c(C)c1NCCC(C)N. The lowest BCUT2D eigenvalue weighted by atomic mass is 10.0. The van der Waals surface area contributed by atoms with Gasteiger partial charge in [0, 0.05) is 17.1 Å². The minimum absolute atomic E-state index is 0.207. The molecular weight excluding hydrogens is 292 g/mol. The summed E-state index contributed by atoms with van der Waals surface area (Å²) in [5.74, 6) is 0.929. The molecule has 0 aromatic heterocycles. The number of nitrogens with two attached hydrogens (primary N) is 1. The molecule has 1 rings (SSSR count). The molecule has 18 heavy (non-hydrogen) atoms. The predicted octanol–water partition coefficient (Wildman–Crippen LogP) is 3.53. The summed E-state index contributed by atoms with van der Waals surface area (Å²) in [7, 11) is 1.71. The smallest absolute Gasteiger partial charge is 0.145 e. The summed E-state index contributed by atoms with van der Waals surface area (Å²) in [6.45, 7) is 9.13. The van der Waals surface area contributed by atoms with E-state index >= 15 is 0 Å². The van der Waals surface area contributed by atoms with Crippen molar-refractivity contribution in [3.05, 3.63) is 21.2 Å². The minimum atomic E-state index is 0.207. The van der Waals surface area contributed by atoms with Crippen LogP contribution in [0.1, 0.15) is 30.0 Å². The van der Waals surface area contributed by atoms with Gasteiger partial charge in [0.2, 0.25) is 0 Å². The average Bonchev–Trinajstić information content (AvgIpc) is 2.33. The Labute approximate surface area is 118 Å². The van der Waals surface area contributed by atoms with Crippen molar-refractivity contribution < 1.29 is 4.74 Å². The molecule has 1 atom stereocenters. The third kappa shape index (κ3) is 3.18. The van der Waals surface area contributed by atoms with Crippen molar-refractivity contribution in [1.82, 2.24) is 0 Å². The normalized spacial score (nSPS) is 12.4. The van der Waals surface area contributed by atoms with Crippen LogP contribution in [0.4, 0.5) is 5.69 Å². The van der Waals surface area contributed by atoms with Crippen LogP contribution in [0.25, 0.3) is 0 Å². The fraction of sp³-hybridized carbons (Fsp3) is 0.571. The van der Waals surface area contributed by atoms with Gasteiger partial charge in [0.1, 0.15) is 5.75 Å². The monoisotopic (exact) mass is 314 g/mol.